The van der Waals surface area contributed by atoms with Crippen molar-refractivity contribution in [3.05, 3.63) is 12.2 Å². The van der Waals surface area contributed by atoms with Crippen LogP contribution in [0.15, 0.2) is 12.2 Å². The molecule has 154 valence electrons. The van der Waals surface area contributed by atoms with Crippen molar-refractivity contribution in [3.8, 4) is 0 Å². The van der Waals surface area contributed by atoms with Gasteiger partial charge in [-0.3, -0.25) is 4.79 Å². The molecular weight excluding hydrogens is 340 g/mol. The van der Waals surface area contributed by atoms with Gasteiger partial charge in [-0.15, -0.1) is 0 Å². The lowest BCUT2D eigenvalue weighted by atomic mass is 10.1. The highest BCUT2D eigenvalue weighted by Crippen LogP contribution is 2.17. The summed E-state index contributed by atoms with van der Waals surface area (Å²) in [5, 5.41) is 0. The lowest BCUT2D eigenvalue weighted by molar-refractivity contribution is -0.140. The molecule has 0 saturated heterocycles. The normalized spacial score (nSPS) is 13.3. The number of carbonyl (C=O) groups is 1. The second kappa shape index (κ2) is 16.6. The zero-order chi connectivity index (χ0) is 19.7. The van der Waals surface area contributed by atoms with Crippen LogP contribution in [0.25, 0.3) is 0 Å². The molecule has 0 aromatic rings. The van der Waals surface area contributed by atoms with Crippen LogP contribution in [0.1, 0.15) is 90.4 Å². The molecule has 4 heteroatoms. The molecule has 0 aliphatic carbocycles. The maximum absolute atomic E-state index is 11.0. The average molecular weight is 385 g/mol. The Morgan fingerprint density at radius 1 is 0.923 bits per heavy atom. The minimum Gasteiger partial charge on any atom is -0.469 e. The number of carbonyl (C=O) groups excluding carboxylic acids is 1. The summed E-state index contributed by atoms with van der Waals surface area (Å²) in [6, 6.07) is 0. The number of methoxy groups -OCH3 is 1. The number of hydrogen-bond donors (Lipinski definition) is 0. The van der Waals surface area contributed by atoms with E-state index >= 15 is 0 Å². The van der Waals surface area contributed by atoms with E-state index < -0.39 is 8.32 Å². The second-order valence-electron chi connectivity index (χ2n) is 8.29. The Morgan fingerprint density at radius 3 is 2.23 bits per heavy atom. The third-order valence-corrected chi connectivity index (χ3v) is 5.49. The smallest absolute Gasteiger partial charge is 0.305 e. The van der Waals surface area contributed by atoms with Gasteiger partial charge in [-0.1, -0.05) is 64.0 Å². The predicted molar refractivity (Wildman–Crippen MR) is 115 cm³/mol. The SMILES string of the molecule is CCCCCCC(CC=CCCCCCCCC(=O)OC)O[Si](C)(C)C. The van der Waals surface area contributed by atoms with E-state index in [1.807, 2.05) is 0 Å². The van der Waals surface area contributed by atoms with Crippen LogP contribution in [0.4, 0.5) is 0 Å². The summed E-state index contributed by atoms with van der Waals surface area (Å²) in [5.41, 5.74) is 0. The summed E-state index contributed by atoms with van der Waals surface area (Å²) in [7, 11) is -0.00313. The quantitative estimate of drug-likeness (QED) is 0.117. The third kappa shape index (κ3) is 18.2. The van der Waals surface area contributed by atoms with Crippen molar-refractivity contribution in [2.75, 3.05) is 7.11 Å². The van der Waals surface area contributed by atoms with Crippen molar-refractivity contribution in [1.29, 1.82) is 0 Å². The van der Waals surface area contributed by atoms with Crippen molar-refractivity contribution in [3.63, 3.8) is 0 Å². The number of hydrogen-bond acceptors (Lipinski definition) is 3. The topological polar surface area (TPSA) is 35.5 Å². The molecule has 26 heavy (non-hydrogen) atoms. The third-order valence-electron chi connectivity index (χ3n) is 4.44. The van der Waals surface area contributed by atoms with E-state index in [2.05, 4.69) is 43.5 Å². The first kappa shape index (κ1) is 25.4. The zero-order valence-corrected chi connectivity index (χ0v) is 19.1. The summed E-state index contributed by atoms with van der Waals surface area (Å²) in [6.07, 6.45) is 20.1. The van der Waals surface area contributed by atoms with E-state index in [9.17, 15) is 4.79 Å². The molecule has 0 bridgehead atoms. The van der Waals surface area contributed by atoms with Gasteiger partial charge < -0.3 is 9.16 Å². The van der Waals surface area contributed by atoms with Gasteiger partial charge in [0.2, 0.25) is 0 Å². The Balaban J connectivity index is 3.81. The fourth-order valence-corrected chi connectivity index (χ4v) is 4.27. The summed E-state index contributed by atoms with van der Waals surface area (Å²) < 4.78 is 11.0. The largest absolute Gasteiger partial charge is 0.469 e. The van der Waals surface area contributed by atoms with Crippen LogP contribution in [0.2, 0.25) is 19.6 Å². The fourth-order valence-electron chi connectivity index (χ4n) is 3.05. The molecule has 0 aromatic heterocycles. The summed E-state index contributed by atoms with van der Waals surface area (Å²) >= 11 is 0. The van der Waals surface area contributed by atoms with Gasteiger partial charge in [0.05, 0.1) is 7.11 Å². The Hall–Kier alpha value is -0.613. The Morgan fingerprint density at radius 2 is 1.58 bits per heavy atom. The Bertz CT molecular complexity index is 361. The summed E-state index contributed by atoms with van der Waals surface area (Å²) in [4.78, 5) is 11.0. The molecule has 0 spiro atoms. The van der Waals surface area contributed by atoms with Gasteiger partial charge >= 0.3 is 5.97 Å². The lowest BCUT2D eigenvalue weighted by Crippen LogP contribution is -2.31. The Labute approximate surface area is 164 Å². The first-order valence-electron chi connectivity index (χ1n) is 10.8. The Kier molecular flexibility index (Phi) is 16.2. The standard InChI is InChI=1S/C22H44O3Si/c1-6-7-8-15-18-21(25-26(3,4)5)19-16-13-11-9-10-12-14-17-20-22(23)24-2/h13,16,21H,6-12,14-15,17-20H2,1-5H3. The van der Waals surface area contributed by atoms with Crippen molar-refractivity contribution in [1.82, 2.24) is 0 Å². The van der Waals surface area contributed by atoms with E-state index in [-0.39, 0.29) is 5.97 Å². The van der Waals surface area contributed by atoms with Crippen LogP contribution in [0.3, 0.4) is 0 Å². The van der Waals surface area contributed by atoms with E-state index in [0.717, 1.165) is 25.7 Å². The number of ether oxygens (including phenoxy) is 1. The molecule has 0 saturated carbocycles. The number of unbranched alkanes of at least 4 members (excludes halogenated alkanes) is 8. The monoisotopic (exact) mass is 384 g/mol. The zero-order valence-electron chi connectivity index (χ0n) is 18.1. The molecule has 1 atom stereocenters. The predicted octanol–water partition coefficient (Wildman–Crippen LogP) is 7.03. The summed E-state index contributed by atoms with van der Waals surface area (Å²) in [5.74, 6) is -0.0854. The molecule has 0 aromatic carbocycles. The van der Waals surface area contributed by atoms with E-state index in [1.165, 1.54) is 58.5 Å². The number of esters is 1. The van der Waals surface area contributed by atoms with Crippen LogP contribution in [0, 0.1) is 0 Å². The van der Waals surface area contributed by atoms with Crippen LogP contribution in [-0.2, 0) is 14.0 Å². The van der Waals surface area contributed by atoms with Gasteiger partial charge in [0.25, 0.3) is 0 Å². The number of allylic oxidation sites excluding steroid dienone is 1. The summed E-state index contributed by atoms with van der Waals surface area (Å²) in [6.45, 7) is 9.12. The van der Waals surface area contributed by atoms with Crippen molar-refractivity contribution in [2.45, 2.75) is 116 Å². The maximum atomic E-state index is 11.0. The molecule has 0 aliphatic heterocycles. The van der Waals surface area contributed by atoms with Gasteiger partial charge in [0, 0.05) is 12.5 Å². The molecule has 1 unspecified atom stereocenters. The highest BCUT2D eigenvalue weighted by Gasteiger charge is 2.19. The molecule has 0 amide bonds. The van der Waals surface area contributed by atoms with Crippen molar-refractivity contribution >= 4 is 14.3 Å². The highest BCUT2D eigenvalue weighted by atomic mass is 28.4. The van der Waals surface area contributed by atoms with Crippen LogP contribution in [0.5, 0.6) is 0 Å². The molecule has 0 radical (unpaired) electrons. The van der Waals surface area contributed by atoms with Crippen LogP contribution < -0.4 is 0 Å². The number of rotatable bonds is 17. The molecule has 0 aliphatic rings. The molecule has 3 nitrogen and oxygen atoms in total. The molecule has 0 N–H and O–H groups in total. The van der Waals surface area contributed by atoms with Crippen molar-refractivity contribution in [2.24, 2.45) is 0 Å². The minimum absolute atomic E-state index is 0.0854. The second-order valence-corrected chi connectivity index (χ2v) is 12.8. The molecule has 0 heterocycles. The lowest BCUT2D eigenvalue weighted by Gasteiger charge is -2.25. The highest BCUT2D eigenvalue weighted by molar-refractivity contribution is 6.69. The first-order chi connectivity index (χ1) is 12.4. The van der Waals surface area contributed by atoms with Gasteiger partial charge in [0.1, 0.15) is 0 Å². The molecule has 0 fully saturated rings. The maximum Gasteiger partial charge on any atom is 0.305 e. The average Bonchev–Trinajstić information content (AvgIpc) is 2.58. The molecule has 0 rings (SSSR count). The van der Waals surface area contributed by atoms with Crippen LogP contribution >= 0.6 is 0 Å². The van der Waals surface area contributed by atoms with Crippen molar-refractivity contribution < 1.29 is 14.0 Å². The fraction of sp³-hybridized carbons (Fsp3) is 0.864. The first-order valence-corrected chi connectivity index (χ1v) is 14.2. The minimum atomic E-state index is -1.46. The van der Waals surface area contributed by atoms with Crippen LogP contribution in [-0.4, -0.2) is 27.5 Å². The van der Waals surface area contributed by atoms with E-state index in [1.54, 1.807) is 0 Å². The van der Waals surface area contributed by atoms with E-state index in [4.69, 9.17) is 4.43 Å². The van der Waals surface area contributed by atoms with Gasteiger partial charge in [-0.25, -0.2) is 0 Å². The van der Waals surface area contributed by atoms with Gasteiger partial charge in [-0.2, -0.15) is 0 Å². The molecular formula is C22H44O3Si. The van der Waals surface area contributed by atoms with Gasteiger partial charge in [0.15, 0.2) is 8.32 Å². The van der Waals surface area contributed by atoms with E-state index in [0.29, 0.717) is 12.5 Å². The van der Waals surface area contributed by atoms with Gasteiger partial charge in [-0.05, 0) is 51.7 Å².